The van der Waals surface area contributed by atoms with Gasteiger partial charge in [0, 0.05) is 11.5 Å². The third kappa shape index (κ3) is 3.94. The number of halogens is 2. The van der Waals surface area contributed by atoms with Crippen LogP contribution in [0.5, 0.6) is 11.5 Å². The molecule has 0 radical (unpaired) electrons. The molecule has 1 saturated heterocycles. The predicted molar refractivity (Wildman–Crippen MR) is 123 cm³/mol. The first kappa shape index (κ1) is 22.1. The molecule has 0 unspecified atom stereocenters. The van der Waals surface area contributed by atoms with Gasteiger partial charge in [-0.2, -0.15) is 0 Å². The van der Waals surface area contributed by atoms with Gasteiger partial charge in [0.25, 0.3) is 5.91 Å². The van der Waals surface area contributed by atoms with E-state index in [1.54, 1.807) is 24.3 Å². The molecule has 1 aliphatic heterocycles. The quantitative estimate of drug-likeness (QED) is 0.466. The maximum atomic E-state index is 14.4. The van der Waals surface area contributed by atoms with Crippen LogP contribution in [0.15, 0.2) is 36.7 Å². The van der Waals surface area contributed by atoms with Crippen LogP contribution in [-0.2, 0) is 4.79 Å². The molecular weight excluding hydrogens is 465 g/mol. The van der Waals surface area contributed by atoms with Crippen molar-refractivity contribution in [3.05, 3.63) is 47.5 Å². The predicted octanol–water partition coefficient (Wildman–Crippen LogP) is 4.07. The minimum Gasteiger partial charge on any atom is -0.493 e. The number of imide groups is 1. The van der Waals surface area contributed by atoms with Crippen LogP contribution in [0.1, 0.15) is 25.7 Å². The van der Waals surface area contributed by atoms with E-state index in [1.807, 2.05) is 0 Å². The molecule has 2 aliphatic rings. The van der Waals surface area contributed by atoms with Crippen LogP contribution in [0.2, 0.25) is 5.02 Å². The zero-order valence-electron chi connectivity index (χ0n) is 18.2. The van der Waals surface area contributed by atoms with Gasteiger partial charge in [0.1, 0.15) is 17.7 Å². The van der Waals surface area contributed by atoms with Crippen molar-refractivity contribution in [3.8, 4) is 11.5 Å². The van der Waals surface area contributed by atoms with Gasteiger partial charge in [-0.25, -0.2) is 19.2 Å². The molecule has 1 aliphatic carbocycles. The molecule has 11 heteroatoms. The van der Waals surface area contributed by atoms with E-state index in [1.165, 1.54) is 19.5 Å². The smallest absolute Gasteiger partial charge is 0.322 e. The van der Waals surface area contributed by atoms with E-state index < -0.39 is 17.4 Å². The molecule has 5 rings (SSSR count). The van der Waals surface area contributed by atoms with Gasteiger partial charge in [-0.1, -0.05) is 17.7 Å². The van der Waals surface area contributed by atoms with E-state index in [0.717, 1.165) is 0 Å². The second kappa shape index (κ2) is 8.60. The molecule has 0 atom stereocenters. The molecular formula is C23H21ClFN5O4. The lowest BCUT2D eigenvalue weighted by Crippen LogP contribution is -2.50. The Morgan fingerprint density at radius 3 is 2.68 bits per heavy atom. The van der Waals surface area contributed by atoms with Crippen molar-refractivity contribution in [3.63, 3.8) is 0 Å². The lowest BCUT2D eigenvalue weighted by molar-refractivity contribution is -0.125. The number of anilines is 2. The van der Waals surface area contributed by atoms with Crippen molar-refractivity contribution in [1.82, 2.24) is 20.6 Å². The summed E-state index contributed by atoms with van der Waals surface area (Å²) in [6.07, 6.45) is 3.25. The molecule has 3 aromatic rings. The summed E-state index contributed by atoms with van der Waals surface area (Å²) in [5.41, 5.74) is -0.103. The number of ether oxygens (including phenoxy) is 2. The van der Waals surface area contributed by atoms with Gasteiger partial charge in [0.2, 0.25) is 0 Å². The lowest BCUT2D eigenvalue weighted by atomic mass is 9.80. The maximum absolute atomic E-state index is 14.4. The fourth-order valence-corrected chi connectivity index (χ4v) is 4.58. The highest BCUT2D eigenvalue weighted by atomic mass is 35.5. The van der Waals surface area contributed by atoms with Gasteiger partial charge >= 0.3 is 6.03 Å². The van der Waals surface area contributed by atoms with E-state index in [-0.39, 0.29) is 22.7 Å². The summed E-state index contributed by atoms with van der Waals surface area (Å²) in [7, 11) is 1.53. The molecule has 1 spiro atoms. The minimum absolute atomic E-state index is 0.00347. The third-order valence-electron chi connectivity index (χ3n) is 6.22. The number of aromatic nitrogens is 2. The van der Waals surface area contributed by atoms with Crippen molar-refractivity contribution >= 4 is 45.9 Å². The molecule has 1 saturated carbocycles. The van der Waals surface area contributed by atoms with Crippen LogP contribution in [0, 0.1) is 5.82 Å². The second-order valence-corrected chi connectivity index (χ2v) is 8.68. The van der Waals surface area contributed by atoms with Gasteiger partial charge in [0.05, 0.1) is 29.4 Å². The number of urea groups is 1. The Hall–Kier alpha value is -3.66. The van der Waals surface area contributed by atoms with Crippen molar-refractivity contribution < 1.29 is 23.5 Å². The number of carbonyl (C=O) groups excluding carboxylic acids is 2. The fraction of sp³-hybridized carbons (Fsp3) is 0.304. The summed E-state index contributed by atoms with van der Waals surface area (Å²) in [5, 5.41) is 8.63. The highest BCUT2D eigenvalue weighted by molar-refractivity contribution is 6.31. The third-order valence-corrected chi connectivity index (χ3v) is 6.51. The van der Waals surface area contributed by atoms with Gasteiger partial charge in [-0.05, 0) is 43.9 Å². The normalized spacial score (nSPS) is 21.9. The Labute approximate surface area is 199 Å². The number of hydrogen-bond donors (Lipinski definition) is 3. The molecule has 0 bridgehead atoms. The fourth-order valence-electron chi connectivity index (χ4n) is 4.40. The first-order chi connectivity index (χ1) is 16.4. The number of carbonyl (C=O) groups is 2. The van der Waals surface area contributed by atoms with Gasteiger partial charge in [0.15, 0.2) is 17.3 Å². The summed E-state index contributed by atoms with van der Waals surface area (Å²) in [6.45, 7) is 0. The van der Waals surface area contributed by atoms with E-state index >= 15 is 0 Å². The molecule has 34 heavy (non-hydrogen) atoms. The Kier molecular flexibility index (Phi) is 5.60. The maximum Gasteiger partial charge on any atom is 0.322 e. The largest absolute Gasteiger partial charge is 0.493 e. The molecule has 2 aromatic carbocycles. The molecule has 3 amide bonds. The van der Waals surface area contributed by atoms with Crippen molar-refractivity contribution in [2.75, 3.05) is 12.4 Å². The van der Waals surface area contributed by atoms with Crippen molar-refractivity contribution in [1.29, 1.82) is 0 Å². The molecule has 2 heterocycles. The topological polar surface area (TPSA) is 114 Å². The Morgan fingerprint density at radius 2 is 1.97 bits per heavy atom. The zero-order valence-corrected chi connectivity index (χ0v) is 18.9. The molecule has 1 aromatic heterocycles. The van der Waals surface area contributed by atoms with Crippen LogP contribution in [0.4, 0.5) is 20.7 Å². The molecule has 9 nitrogen and oxygen atoms in total. The van der Waals surface area contributed by atoms with Gasteiger partial charge < -0.3 is 20.1 Å². The molecule has 176 valence electrons. The number of fused-ring (bicyclic) bond motifs is 1. The van der Waals surface area contributed by atoms with Crippen LogP contribution in [-0.4, -0.2) is 40.7 Å². The van der Waals surface area contributed by atoms with E-state index in [0.29, 0.717) is 53.9 Å². The van der Waals surface area contributed by atoms with Crippen molar-refractivity contribution in [2.24, 2.45) is 0 Å². The van der Waals surface area contributed by atoms with Crippen LogP contribution in [0.3, 0.4) is 0 Å². The molecule has 2 fully saturated rings. The number of nitrogens with one attached hydrogen (secondary N) is 3. The van der Waals surface area contributed by atoms with E-state index in [2.05, 4.69) is 25.9 Å². The van der Waals surface area contributed by atoms with Crippen molar-refractivity contribution in [2.45, 2.75) is 37.3 Å². The second-order valence-electron chi connectivity index (χ2n) is 8.28. The number of methoxy groups -OCH3 is 1. The monoisotopic (exact) mass is 485 g/mol. The highest BCUT2D eigenvalue weighted by Crippen LogP contribution is 2.39. The number of benzene rings is 2. The van der Waals surface area contributed by atoms with Gasteiger partial charge in [-0.15, -0.1) is 0 Å². The average molecular weight is 486 g/mol. The standard InChI is InChI=1S/C23H21ClFN5O4/c1-33-17-10-16-13(20(27-11-26-16)28-15-4-2-3-14(24)19(15)25)9-18(17)34-12-5-7-23(8-6-12)21(31)29-22(32)30-23/h2-4,9-12H,5-8H2,1H3,(H,26,27,28)(H2,29,30,31,32)/t12-,23+. The number of nitrogens with zero attached hydrogens (tertiary/aromatic N) is 2. The number of amides is 3. The van der Waals surface area contributed by atoms with E-state index in [4.69, 9.17) is 21.1 Å². The number of rotatable bonds is 5. The highest BCUT2D eigenvalue weighted by Gasteiger charge is 2.48. The Bertz CT molecular complexity index is 1300. The summed E-state index contributed by atoms with van der Waals surface area (Å²) >= 11 is 5.90. The first-order valence-electron chi connectivity index (χ1n) is 10.7. The minimum atomic E-state index is -0.865. The Balaban J connectivity index is 1.41. The van der Waals surface area contributed by atoms with Crippen LogP contribution < -0.4 is 25.4 Å². The number of hydrogen-bond acceptors (Lipinski definition) is 7. The van der Waals surface area contributed by atoms with Gasteiger partial charge in [-0.3, -0.25) is 10.1 Å². The zero-order chi connectivity index (χ0) is 23.9. The van der Waals surface area contributed by atoms with Crippen LogP contribution in [0.25, 0.3) is 10.9 Å². The van der Waals surface area contributed by atoms with Crippen LogP contribution >= 0.6 is 11.6 Å². The lowest BCUT2D eigenvalue weighted by Gasteiger charge is -2.34. The average Bonchev–Trinajstić information content (AvgIpc) is 3.10. The summed E-state index contributed by atoms with van der Waals surface area (Å²) in [5.74, 6) is 0.464. The van der Waals surface area contributed by atoms with E-state index in [9.17, 15) is 14.0 Å². The Morgan fingerprint density at radius 1 is 1.18 bits per heavy atom. The molecule has 3 N–H and O–H groups in total. The SMILES string of the molecule is COc1cc2ncnc(Nc3cccc(Cl)c3F)c2cc1O[C@H]1CC[C@]2(CC1)NC(=O)NC2=O. The summed E-state index contributed by atoms with van der Waals surface area (Å²) in [4.78, 5) is 32.3. The summed E-state index contributed by atoms with van der Waals surface area (Å²) < 4.78 is 26.2. The summed E-state index contributed by atoms with van der Waals surface area (Å²) in [6, 6.07) is 7.67. The first-order valence-corrected chi connectivity index (χ1v) is 11.1.